The number of unbranched alkanes of at least 4 members (excludes halogenated alkanes) is 2. The van der Waals surface area contributed by atoms with E-state index in [0.29, 0.717) is 6.04 Å². The monoisotopic (exact) mass is 325 g/mol. The summed E-state index contributed by atoms with van der Waals surface area (Å²) in [4.78, 5) is 0. The van der Waals surface area contributed by atoms with E-state index in [-0.39, 0.29) is 6.04 Å². The van der Waals surface area contributed by atoms with Crippen molar-refractivity contribution in [3.63, 3.8) is 0 Å². The van der Waals surface area contributed by atoms with Gasteiger partial charge < -0.3 is 10.5 Å². The summed E-state index contributed by atoms with van der Waals surface area (Å²) < 4.78 is 5.78. The van der Waals surface area contributed by atoms with Gasteiger partial charge in [0.1, 0.15) is 5.75 Å². The van der Waals surface area contributed by atoms with Gasteiger partial charge in [-0.1, -0.05) is 44.0 Å². The van der Waals surface area contributed by atoms with Gasteiger partial charge in [-0.2, -0.15) is 0 Å². The SMILES string of the molecule is CCCCCOc1ccc(C2CC(c3cccc(N)c3)NN2)cc1. The van der Waals surface area contributed by atoms with Crippen LogP contribution in [0.1, 0.15) is 55.8 Å². The molecule has 4 N–H and O–H groups in total. The van der Waals surface area contributed by atoms with Crippen LogP contribution in [0.5, 0.6) is 5.75 Å². The number of anilines is 1. The summed E-state index contributed by atoms with van der Waals surface area (Å²) in [5.41, 5.74) is 16.0. The second kappa shape index (κ2) is 8.18. The number of hydrogen-bond donors (Lipinski definition) is 3. The Bertz CT molecular complexity index is 642. The third kappa shape index (κ3) is 4.28. The number of hydrogen-bond acceptors (Lipinski definition) is 4. The zero-order valence-electron chi connectivity index (χ0n) is 14.3. The van der Waals surface area contributed by atoms with Crippen molar-refractivity contribution in [2.45, 2.75) is 44.7 Å². The molecule has 2 aromatic carbocycles. The second-order valence-corrected chi connectivity index (χ2v) is 6.42. The van der Waals surface area contributed by atoms with Crippen molar-refractivity contribution in [3.8, 4) is 5.75 Å². The van der Waals surface area contributed by atoms with Crippen molar-refractivity contribution < 1.29 is 4.74 Å². The summed E-state index contributed by atoms with van der Waals surface area (Å²) in [7, 11) is 0. The third-order valence-corrected chi connectivity index (χ3v) is 4.52. The van der Waals surface area contributed by atoms with Gasteiger partial charge in [0.15, 0.2) is 0 Å². The van der Waals surface area contributed by atoms with Gasteiger partial charge in [-0.05, 0) is 48.2 Å². The highest BCUT2D eigenvalue weighted by atomic mass is 16.5. The number of hydrazine groups is 1. The first kappa shape index (κ1) is 16.8. The van der Waals surface area contributed by atoms with Crippen molar-refractivity contribution in [1.82, 2.24) is 10.9 Å². The van der Waals surface area contributed by atoms with E-state index in [0.717, 1.165) is 30.9 Å². The number of nitrogens with one attached hydrogen (secondary N) is 2. The molecule has 4 heteroatoms. The van der Waals surface area contributed by atoms with Crippen LogP contribution < -0.4 is 21.3 Å². The highest BCUT2D eigenvalue weighted by Crippen LogP contribution is 2.32. The molecule has 0 aromatic heterocycles. The van der Waals surface area contributed by atoms with Crippen molar-refractivity contribution in [1.29, 1.82) is 0 Å². The topological polar surface area (TPSA) is 59.3 Å². The summed E-state index contributed by atoms with van der Waals surface area (Å²) in [5.74, 6) is 0.952. The second-order valence-electron chi connectivity index (χ2n) is 6.42. The lowest BCUT2D eigenvalue weighted by Gasteiger charge is -2.12. The number of nitrogen functional groups attached to an aromatic ring is 1. The Morgan fingerprint density at radius 1 is 1.00 bits per heavy atom. The molecule has 0 saturated carbocycles. The standard InChI is InChI=1S/C20H27N3O/c1-2-3-4-12-24-18-10-8-15(9-11-18)19-14-20(23-22-19)16-6-5-7-17(21)13-16/h5-11,13,19-20,22-23H,2-4,12,14,21H2,1H3. The predicted molar refractivity (Wildman–Crippen MR) is 98.7 cm³/mol. The smallest absolute Gasteiger partial charge is 0.119 e. The molecule has 1 aliphatic rings. The van der Waals surface area contributed by atoms with E-state index < -0.39 is 0 Å². The molecule has 3 rings (SSSR count). The lowest BCUT2D eigenvalue weighted by Crippen LogP contribution is -2.26. The Kier molecular flexibility index (Phi) is 5.72. The van der Waals surface area contributed by atoms with Gasteiger partial charge in [0.2, 0.25) is 0 Å². The largest absolute Gasteiger partial charge is 0.494 e. The van der Waals surface area contributed by atoms with Crippen molar-refractivity contribution in [3.05, 3.63) is 59.7 Å². The molecule has 1 heterocycles. The van der Waals surface area contributed by atoms with Crippen LogP contribution in [0.4, 0.5) is 5.69 Å². The molecule has 1 fully saturated rings. The van der Waals surface area contributed by atoms with Crippen LogP contribution >= 0.6 is 0 Å². The Morgan fingerprint density at radius 2 is 1.75 bits per heavy atom. The molecule has 0 aliphatic carbocycles. The normalized spacial score (nSPS) is 20.2. The van der Waals surface area contributed by atoms with Gasteiger partial charge in [-0.25, -0.2) is 10.9 Å². The zero-order valence-corrected chi connectivity index (χ0v) is 14.3. The highest BCUT2D eigenvalue weighted by molar-refractivity contribution is 5.42. The van der Waals surface area contributed by atoms with Gasteiger partial charge in [-0.3, -0.25) is 0 Å². The molecule has 0 bridgehead atoms. The van der Waals surface area contributed by atoms with Crippen LogP contribution in [0.3, 0.4) is 0 Å². The molecule has 0 amide bonds. The van der Waals surface area contributed by atoms with Gasteiger partial charge >= 0.3 is 0 Å². The minimum Gasteiger partial charge on any atom is -0.494 e. The summed E-state index contributed by atoms with van der Waals surface area (Å²) in [6, 6.07) is 17.1. The molecule has 24 heavy (non-hydrogen) atoms. The summed E-state index contributed by atoms with van der Waals surface area (Å²) in [5, 5.41) is 0. The maximum absolute atomic E-state index is 5.89. The Hall–Kier alpha value is -2.04. The number of rotatable bonds is 7. The fourth-order valence-corrected chi connectivity index (χ4v) is 3.11. The van der Waals surface area contributed by atoms with E-state index in [1.54, 1.807) is 0 Å². The maximum Gasteiger partial charge on any atom is 0.119 e. The lowest BCUT2D eigenvalue weighted by atomic mass is 9.97. The molecule has 0 radical (unpaired) electrons. The fraction of sp³-hybridized carbons (Fsp3) is 0.400. The van der Waals surface area contributed by atoms with Crippen molar-refractivity contribution in [2.75, 3.05) is 12.3 Å². The summed E-state index contributed by atoms with van der Waals surface area (Å²) in [6.45, 7) is 3.00. The van der Waals surface area contributed by atoms with Crippen LogP contribution in [0.2, 0.25) is 0 Å². The minimum atomic E-state index is 0.281. The fourth-order valence-electron chi connectivity index (χ4n) is 3.11. The van der Waals surface area contributed by atoms with E-state index >= 15 is 0 Å². The third-order valence-electron chi connectivity index (χ3n) is 4.52. The van der Waals surface area contributed by atoms with Crippen LogP contribution in [0.15, 0.2) is 48.5 Å². The summed E-state index contributed by atoms with van der Waals surface area (Å²) >= 11 is 0. The molecule has 2 aromatic rings. The lowest BCUT2D eigenvalue weighted by molar-refractivity contribution is 0.306. The molecular weight excluding hydrogens is 298 g/mol. The predicted octanol–water partition coefficient (Wildman–Crippen LogP) is 4.12. The number of benzene rings is 2. The Labute approximate surface area is 144 Å². The van der Waals surface area contributed by atoms with Crippen LogP contribution in [0.25, 0.3) is 0 Å². The van der Waals surface area contributed by atoms with Gasteiger partial charge in [-0.15, -0.1) is 0 Å². The first-order chi connectivity index (χ1) is 11.8. The van der Waals surface area contributed by atoms with Crippen molar-refractivity contribution in [2.24, 2.45) is 0 Å². The Balaban J connectivity index is 1.56. The Morgan fingerprint density at radius 3 is 2.46 bits per heavy atom. The summed E-state index contributed by atoms with van der Waals surface area (Å²) in [6.07, 6.45) is 4.56. The highest BCUT2D eigenvalue weighted by Gasteiger charge is 2.26. The molecule has 4 nitrogen and oxygen atoms in total. The van der Waals surface area contributed by atoms with Crippen LogP contribution in [0, 0.1) is 0 Å². The van der Waals surface area contributed by atoms with Crippen LogP contribution in [-0.4, -0.2) is 6.61 Å². The van der Waals surface area contributed by atoms with E-state index in [1.807, 2.05) is 18.2 Å². The molecule has 128 valence electrons. The molecular formula is C20H27N3O. The number of ether oxygens (including phenoxy) is 1. The molecule has 2 unspecified atom stereocenters. The molecule has 2 atom stereocenters. The number of nitrogens with two attached hydrogens (primary N) is 1. The quantitative estimate of drug-likeness (QED) is 0.529. The van der Waals surface area contributed by atoms with Gasteiger partial charge in [0, 0.05) is 17.8 Å². The molecule has 1 aliphatic heterocycles. The van der Waals surface area contributed by atoms with Crippen molar-refractivity contribution >= 4 is 5.69 Å². The minimum absolute atomic E-state index is 0.281. The first-order valence-electron chi connectivity index (χ1n) is 8.85. The van der Waals surface area contributed by atoms with E-state index in [2.05, 4.69) is 48.1 Å². The van der Waals surface area contributed by atoms with Gasteiger partial charge in [0.05, 0.1) is 6.61 Å². The van der Waals surface area contributed by atoms with Gasteiger partial charge in [0.25, 0.3) is 0 Å². The maximum atomic E-state index is 5.89. The average molecular weight is 325 g/mol. The van der Waals surface area contributed by atoms with E-state index in [9.17, 15) is 0 Å². The van der Waals surface area contributed by atoms with Crippen LogP contribution in [-0.2, 0) is 0 Å². The van der Waals surface area contributed by atoms with E-state index in [1.165, 1.54) is 24.0 Å². The first-order valence-corrected chi connectivity index (χ1v) is 8.85. The molecule has 1 saturated heterocycles. The average Bonchev–Trinajstić information content (AvgIpc) is 3.09. The molecule has 0 spiro atoms. The van der Waals surface area contributed by atoms with E-state index in [4.69, 9.17) is 10.5 Å². The zero-order chi connectivity index (χ0) is 16.8.